The Balaban J connectivity index is 2.35. The molecule has 0 aliphatic carbocycles. The van der Waals surface area contributed by atoms with E-state index in [-0.39, 0.29) is 5.15 Å². The molecule has 0 radical (unpaired) electrons. The van der Waals surface area contributed by atoms with Crippen LogP contribution < -0.4 is 11.1 Å². The van der Waals surface area contributed by atoms with Gasteiger partial charge in [-0.1, -0.05) is 23.2 Å². The van der Waals surface area contributed by atoms with Crippen molar-refractivity contribution in [3.05, 3.63) is 38.3 Å². The minimum Gasteiger partial charge on any atom is -0.393 e. The Morgan fingerprint density at radius 2 is 2.00 bits per heavy atom. The van der Waals surface area contributed by atoms with Gasteiger partial charge in [0.25, 0.3) is 0 Å². The summed E-state index contributed by atoms with van der Waals surface area (Å²) >= 11 is 13.8. The number of nitrogens with zero attached hydrogens (tertiary/aromatic N) is 2. The van der Waals surface area contributed by atoms with Gasteiger partial charge in [0.05, 0.1) is 5.69 Å². The third-order valence-electron chi connectivity index (χ3n) is 2.02. The molecule has 0 unspecified atom stereocenters. The average Bonchev–Trinajstić information content (AvgIpc) is 2.28. The zero-order valence-electron chi connectivity index (χ0n) is 8.42. The second kappa shape index (κ2) is 5.24. The number of benzene rings is 1. The summed E-state index contributed by atoms with van der Waals surface area (Å²) in [4.78, 5) is 7.81. The van der Waals surface area contributed by atoms with Gasteiger partial charge in [-0.3, -0.25) is 0 Å². The predicted molar refractivity (Wildman–Crippen MR) is 78.9 cm³/mol. The Hall–Kier alpha value is -0.790. The van der Waals surface area contributed by atoms with Crippen LogP contribution in [-0.4, -0.2) is 9.97 Å². The Morgan fingerprint density at radius 3 is 2.71 bits per heavy atom. The molecule has 0 spiro atoms. The lowest BCUT2D eigenvalue weighted by Gasteiger charge is -2.10. The Kier molecular flexibility index (Phi) is 3.90. The summed E-state index contributed by atoms with van der Waals surface area (Å²) in [5, 5.41) is 3.98. The van der Waals surface area contributed by atoms with Gasteiger partial charge >= 0.3 is 0 Å². The van der Waals surface area contributed by atoms with E-state index in [1.54, 1.807) is 6.07 Å². The van der Waals surface area contributed by atoms with E-state index in [9.17, 15) is 0 Å². The molecule has 17 heavy (non-hydrogen) atoms. The molecule has 4 nitrogen and oxygen atoms in total. The number of aromatic nitrogens is 2. The zero-order valence-corrected chi connectivity index (χ0v) is 12.1. The van der Waals surface area contributed by atoms with Crippen molar-refractivity contribution in [2.75, 3.05) is 11.1 Å². The van der Waals surface area contributed by atoms with Crippen molar-refractivity contribution < 1.29 is 0 Å². The largest absolute Gasteiger partial charge is 0.393 e. The molecule has 88 valence electrons. The Labute approximate surface area is 122 Å². The lowest BCUT2D eigenvalue weighted by molar-refractivity contribution is 1.17. The smallest absolute Gasteiger partial charge is 0.158 e. The van der Waals surface area contributed by atoms with Gasteiger partial charge in [-0.15, -0.1) is 0 Å². The molecular weight excluding hydrogens is 374 g/mol. The first-order chi connectivity index (χ1) is 8.08. The lowest BCUT2D eigenvalue weighted by atomic mass is 10.3. The summed E-state index contributed by atoms with van der Waals surface area (Å²) < 4.78 is 0.962. The van der Waals surface area contributed by atoms with Gasteiger partial charge < -0.3 is 11.1 Å². The maximum atomic E-state index is 5.87. The van der Waals surface area contributed by atoms with Gasteiger partial charge in [-0.05, 0) is 40.8 Å². The molecule has 0 saturated carbocycles. The molecule has 0 atom stereocenters. The van der Waals surface area contributed by atoms with Crippen LogP contribution in [0.1, 0.15) is 0 Å². The first-order valence-electron chi connectivity index (χ1n) is 4.56. The van der Waals surface area contributed by atoms with E-state index in [0.29, 0.717) is 16.5 Å². The molecule has 7 heteroatoms. The summed E-state index contributed by atoms with van der Waals surface area (Å²) in [6, 6.07) is 5.47. The summed E-state index contributed by atoms with van der Waals surface area (Å²) in [5.74, 6) is 0.477. The second-order valence-electron chi connectivity index (χ2n) is 3.18. The maximum Gasteiger partial charge on any atom is 0.158 e. The van der Waals surface area contributed by atoms with Crippen LogP contribution >= 0.6 is 45.8 Å². The van der Waals surface area contributed by atoms with Crippen LogP contribution in [0.4, 0.5) is 17.2 Å². The number of hydrogen-bond acceptors (Lipinski definition) is 4. The highest BCUT2D eigenvalue weighted by atomic mass is 127. The Morgan fingerprint density at radius 1 is 1.24 bits per heavy atom. The van der Waals surface area contributed by atoms with Crippen LogP contribution in [0.2, 0.25) is 10.2 Å². The fourth-order valence-corrected chi connectivity index (χ4v) is 2.33. The van der Waals surface area contributed by atoms with Crippen molar-refractivity contribution in [1.29, 1.82) is 0 Å². The summed E-state index contributed by atoms with van der Waals surface area (Å²) in [7, 11) is 0. The number of nitrogen functional groups attached to an aromatic ring is 1. The molecule has 2 aromatic rings. The number of halogens is 3. The molecule has 0 bridgehead atoms. The van der Waals surface area contributed by atoms with Crippen LogP contribution in [0.5, 0.6) is 0 Å². The SMILES string of the molecule is Nc1c(Cl)ncnc1Nc1ccc(Cl)cc1I. The molecule has 1 heterocycles. The molecule has 1 aromatic carbocycles. The molecule has 0 saturated heterocycles. The van der Waals surface area contributed by atoms with Crippen LogP contribution in [0.25, 0.3) is 0 Å². The molecule has 0 fully saturated rings. The number of nitrogens with two attached hydrogens (primary N) is 1. The predicted octanol–water partition coefficient (Wildman–Crippen LogP) is 3.71. The number of rotatable bonds is 2. The molecule has 1 aromatic heterocycles. The highest BCUT2D eigenvalue weighted by Gasteiger charge is 2.08. The monoisotopic (exact) mass is 380 g/mol. The molecule has 0 aliphatic rings. The van der Waals surface area contributed by atoms with Crippen molar-refractivity contribution in [3.63, 3.8) is 0 Å². The van der Waals surface area contributed by atoms with Gasteiger partial charge in [-0.25, -0.2) is 9.97 Å². The first-order valence-corrected chi connectivity index (χ1v) is 6.39. The lowest BCUT2D eigenvalue weighted by Crippen LogP contribution is -2.02. The van der Waals surface area contributed by atoms with Crippen molar-refractivity contribution in [1.82, 2.24) is 9.97 Å². The minimum atomic E-state index is 0.228. The molecule has 0 aliphatic heterocycles. The Bertz CT molecular complexity index is 562. The third kappa shape index (κ3) is 2.91. The normalized spacial score (nSPS) is 10.3. The van der Waals surface area contributed by atoms with Gasteiger partial charge in [0.1, 0.15) is 12.0 Å². The van der Waals surface area contributed by atoms with E-state index in [2.05, 4.69) is 37.9 Å². The summed E-state index contributed by atoms with van der Waals surface area (Å²) in [6.45, 7) is 0. The zero-order chi connectivity index (χ0) is 12.4. The fourth-order valence-electron chi connectivity index (χ4n) is 1.19. The molecule has 2 rings (SSSR count). The van der Waals surface area contributed by atoms with Crippen LogP contribution in [0, 0.1) is 3.57 Å². The van der Waals surface area contributed by atoms with Gasteiger partial charge in [0.15, 0.2) is 11.0 Å². The van der Waals surface area contributed by atoms with Crippen LogP contribution in [0.3, 0.4) is 0 Å². The molecular formula is C10H7Cl2IN4. The van der Waals surface area contributed by atoms with Crippen molar-refractivity contribution in [3.8, 4) is 0 Å². The highest BCUT2D eigenvalue weighted by Crippen LogP contribution is 2.29. The third-order valence-corrected chi connectivity index (χ3v) is 3.45. The van der Waals surface area contributed by atoms with Gasteiger partial charge in [0.2, 0.25) is 0 Å². The first kappa shape index (κ1) is 12.7. The fraction of sp³-hybridized carbons (Fsp3) is 0. The quantitative estimate of drug-likeness (QED) is 0.615. The number of hydrogen-bond donors (Lipinski definition) is 2. The van der Waals surface area contributed by atoms with E-state index in [4.69, 9.17) is 28.9 Å². The molecule has 0 amide bonds. The van der Waals surface area contributed by atoms with E-state index >= 15 is 0 Å². The van der Waals surface area contributed by atoms with Crippen LogP contribution in [-0.2, 0) is 0 Å². The van der Waals surface area contributed by atoms with Crippen LogP contribution in [0.15, 0.2) is 24.5 Å². The van der Waals surface area contributed by atoms with E-state index in [1.165, 1.54) is 6.33 Å². The summed E-state index contributed by atoms with van der Waals surface area (Å²) in [5.41, 5.74) is 6.94. The minimum absolute atomic E-state index is 0.228. The maximum absolute atomic E-state index is 5.87. The topological polar surface area (TPSA) is 63.8 Å². The van der Waals surface area contributed by atoms with Crippen molar-refractivity contribution in [2.45, 2.75) is 0 Å². The van der Waals surface area contributed by atoms with Gasteiger partial charge in [0, 0.05) is 8.59 Å². The van der Waals surface area contributed by atoms with Crippen molar-refractivity contribution >= 4 is 63.0 Å². The highest BCUT2D eigenvalue weighted by molar-refractivity contribution is 14.1. The number of nitrogens with one attached hydrogen (secondary N) is 1. The number of anilines is 3. The molecule has 3 N–H and O–H groups in total. The van der Waals surface area contributed by atoms with Crippen molar-refractivity contribution in [2.24, 2.45) is 0 Å². The second-order valence-corrected chi connectivity index (χ2v) is 5.13. The van der Waals surface area contributed by atoms with E-state index in [0.717, 1.165) is 9.26 Å². The van der Waals surface area contributed by atoms with E-state index < -0.39 is 0 Å². The average molecular weight is 381 g/mol. The standard InChI is InChI=1S/C10H7Cl2IN4/c11-5-1-2-7(6(13)3-5)17-10-8(14)9(12)15-4-16-10/h1-4H,14H2,(H,15,16,17). The van der Waals surface area contributed by atoms with Gasteiger partial charge in [-0.2, -0.15) is 0 Å². The summed E-state index contributed by atoms with van der Waals surface area (Å²) in [6.07, 6.45) is 1.35. The van der Waals surface area contributed by atoms with E-state index in [1.807, 2.05) is 12.1 Å².